The number of nitrogens with zero attached hydrogens (tertiary/aromatic N) is 1. The largest absolute Gasteiger partial charge is 0.459 e. The molecule has 1 aliphatic heterocycles. The lowest BCUT2D eigenvalue weighted by Gasteiger charge is -2.29. The van der Waals surface area contributed by atoms with Gasteiger partial charge in [0.25, 0.3) is 5.91 Å². The van der Waals surface area contributed by atoms with Gasteiger partial charge in [-0.1, -0.05) is 6.07 Å². The predicted octanol–water partition coefficient (Wildman–Crippen LogP) is 2.46. The van der Waals surface area contributed by atoms with Gasteiger partial charge in [0, 0.05) is 25.0 Å². The molecule has 3 rings (SSSR count). The van der Waals surface area contributed by atoms with Gasteiger partial charge in [-0.25, -0.2) is 0 Å². The molecule has 23 heavy (non-hydrogen) atoms. The van der Waals surface area contributed by atoms with Crippen LogP contribution in [0, 0.1) is 0 Å². The Morgan fingerprint density at radius 2 is 2.22 bits per heavy atom. The van der Waals surface area contributed by atoms with Crippen molar-refractivity contribution in [2.45, 2.75) is 12.8 Å². The van der Waals surface area contributed by atoms with Crippen molar-refractivity contribution in [1.82, 2.24) is 0 Å². The van der Waals surface area contributed by atoms with Crippen molar-refractivity contribution in [1.29, 1.82) is 0 Å². The van der Waals surface area contributed by atoms with Crippen LogP contribution in [-0.2, 0) is 16.0 Å². The smallest absolute Gasteiger partial charge is 0.293 e. The number of furan rings is 1. The van der Waals surface area contributed by atoms with Gasteiger partial charge in [-0.3, -0.25) is 9.59 Å². The molecule has 0 unspecified atom stereocenters. The van der Waals surface area contributed by atoms with E-state index in [1.165, 1.54) is 13.4 Å². The third-order valence-electron chi connectivity index (χ3n) is 3.74. The van der Waals surface area contributed by atoms with Crippen molar-refractivity contribution in [2.24, 2.45) is 0 Å². The van der Waals surface area contributed by atoms with E-state index in [2.05, 4.69) is 5.32 Å². The van der Waals surface area contributed by atoms with E-state index in [1.54, 1.807) is 17.0 Å². The summed E-state index contributed by atoms with van der Waals surface area (Å²) >= 11 is 0. The van der Waals surface area contributed by atoms with Gasteiger partial charge in [0.1, 0.15) is 6.61 Å². The van der Waals surface area contributed by atoms with E-state index in [-0.39, 0.29) is 18.4 Å². The average Bonchev–Trinajstić information content (AvgIpc) is 3.08. The van der Waals surface area contributed by atoms with Crippen molar-refractivity contribution in [2.75, 3.05) is 30.5 Å². The van der Waals surface area contributed by atoms with E-state index in [9.17, 15) is 9.59 Å². The summed E-state index contributed by atoms with van der Waals surface area (Å²) in [5.74, 6) is -0.0878. The fraction of sp³-hybridized carbons (Fsp3) is 0.294. The Kier molecular flexibility index (Phi) is 4.43. The maximum Gasteiger partial charge on any atom is 0.293 e. The summed E-state index contributed by atoms with van der Waals surface area (Å²) in [6.45, 7) is 0.619. The monoisotopic (exact) mass is 314 g/mol. The molecule has 0 fully saturated rings. The number of methoxy groups -OCH3 is 1. The van der Waals surface area contributed by atoms with Gasteiger partial charge in [0.05, 0.1) is 6.26 Å². The van der Waals surface area contributed by atoms with E-state index in [4.69, 9.17) is 9.15 Å². The van der Waals surface area contributed by atoms with Gasteiger partial charge >= 0.3 is 0 Å². The first-order valence-corrected chi connectivity index (χ1v) is 7.46. The number of hydrogen-bond donors (Lipinski definition) is 1. The summed E-state index contributed by atoms with van der Waals surface area (Å²) in [6, 6.07) is 8.95. The van der Waals surface area contributed by atoms with E-state index >= 15 is 0 Å². The Hall–Kier alpha value is -2.60. The van der Waals surface area contributed by atoms with Crippen LogP contribution in [0.3, 0.4) is 0 Å². The third kappa shape index (κ3) is 3.27. The van der Waals surface area contributed by atoms with Crippen LogP contribution in [0.15, 0.2) is 41.0 Å². The second kappa shape index (κ2) is 6.66. The molecular formula is C17H18N2O4. The zero-order chi connectivity index (χ0) is 16.2. The van der Waals surface area contributed by atoms with Crippen LogP contribution < -0.4 is 10.2 Å². The molecule has 1 N–H and O–H groups in total. The quantitative estimate of drug-likeness (QED) is 0.941. The van der Waals surface area contributed by atoms with Crippen LogP contribution in [0.1, 0.15) is 22.5 Å². The molecule has 0 aliphatic carbocycles. The predicted molar refractivity (Wildman–Crippen MR) is 85.7 cm³/mol. The molecule has 0 bridgehead atoms. The fourth-order valence-electron chi connectivity index (χ4n) is 2.72. The molecule has 0 saturated carbocycles. The molecule has 1 aliphatic rings. The highest BCUT2D eigenvalue weighted by Gasteiger charge is 2.25. The highest BCUT2D eigenvalue weighted by atomic mass is 16.5. The standard InChI is InChI=1S/C17H18N2O4/c1-22-11-16(20)18-13-7-6-12-4-2-8-19(14(12)10-13)17(21)15-5-3-9-23-15/h3,5-7,9-10H,2,4,8,11H2,1H3,(H,18,20). The molecule has 0 spiro atoms. The van der Waals surface area contributed by atoms with Crippen molar-refractivity contribution < 1.29 is 18.7 Å². The summed E-state index contributed by atoms with van der Waals surface area (Å²) in [5, 5.41) is 2.76. The molecular weight excluding hydrogens is 296 g/mol. The van der Waals surface area contributed by atoms with Gasteiger partial charge in [0.2, 0.25) is 5.91 Å². The molecule has 120 valence electrons. The molecule has 2 heterocycles. The first-order chi connectivity index (χ1) is 11.2. The first kappa shape index (κ1) is 15.3. The summed E-state index contributed by atoms with van der Waals surface area (Å²) in [6.07, 6.45) is 3.29. The number of rotatable bonds is 4. The Morgan fingerprint density at radius 3 is 2.96 bits per heavy atom. The van der Waals surface area contributed by atoms with Crippen LogP contribution >= 0.6 is 0 Å². The fourth-order valence-corrected chi connectivity index (χ4v) is 2.72. The van der Waals surface area contributed by atoms with Gasteiger partial charge in [0.15, 0.2) is 5.76 Å². The van der Waals surface area contributed by atoms with Gasteiger partial charge in [-0.2, -0.15) is 0 Å². The lowest BCUT2D eigenvalue weighted by atomic mass is 10.0. The van der Waals surface area contributed by atoms with Crippen LogP contribution in [-0.4, -0.2) is 32.1 Å². The van der Waals surface area contributed by atoms with Crippen LogP contribution in [0.4, 0.5) is 11.4 Å². The molecule has 6 nitrogen and oxygen atoms in total. The molecule has 2 amide bonds. The first-order valence-electron chi connectivity index (χ1n) is 7.46. The van der Waals surface area contributed by atoms with Crippen molar-refractivity contribution >= 4 is 23.2 Å². The summed E-state index contributed by atoms with van der Waals surface area (Å²) < 4.78 is 10.0. The number of benzene rings is 1. The number of ether oxygens (including phenoxy) is 1. The van der Waals surface area contributed by atoms with Crippen molar-refractivity contribution in [3.05, 3.63) is 47.9 Å². The lowest BCUT2D eigenvalue weighted by molar-refractivity contribution is -0.119. The maximum absolute atomic E-state index is 12.6. The van der Waals surface area contributed by atoms with Crippen LogP contribution in [0.2, 0.25) is 0 Å². The number of amides is 2. The molecule has 0 saturated heterocycles. The molecule has 0 atom stereocenters. The molecule has 0 radical (unpaired) electrons. The van der Waals surface area contributed by atoms with Crippen molar-refractivity contribution in [3.8, 4) is 0 Å². The maximum atomic E-state index is 12.6. The Balaban J connectivity index is 1.87. The highest BCUT2D eigenvalue weighted by Crippen LogP contribution is 2.31. The Bertz CT molecular complexity index is 709. The van der Waals surface area contributed by atoms with E-state index < -0.39 is 0 Å². The molecule has 1 aromatic heterocycles. The highest BCUT2D eigenvalue weighted by molar-refractivity contribution is 6.05. The lowest BCUT2D eigenvalue weighted by Crippen LogP contribution is -2.35. The summed E-state index contributed by atoms with van der Waals surface area (Å²) in [4.78, 5) is 25.9. The van der Waals surface area contributed by atoms with Gasteiger partial charge in [-0.15, -0.1) is 0 Å². The zero-order valence-electron chi connectivity index (χ0n) is 12.9. The minimum absolute atomic E-state index is 0.00781. The number of hydrogen-bond acceptors (Lipinski definition) is 4. The minimum Gasteiger partial charge on any atom is -0.459 e. The third-order valence-corrected chi connectivity index (χ3v) is 3.74. The molecule has 2 aromatic rings. The van der Waals surface area contributed by atoms with Crippen LogP contribution in [0.5, 0.6) is 0 Å². The second-order valence-corrected chi connectivity index (χ2v) is 5.36. The molecule has 6 heteroatoms. The second-order valence-electron chi connectivity index (χ2n) is 5.36. The number of nitrogens with one attached hydrogen (secondary N) is 1. The average molecular weight is 314 g/mol. The SMILES string of the molecule is COCC(=O)Nc1ccc2c(c1)N(C(=O)c1ccco1)CCC2. The Labute approximate surface area is 134 Å². The number of aryl methyl sites for hydroxylation is 1. The number of anilines is 2. The van der Waals surface area contributed by atoms with Crippen LogP contribution in [0.25, 0.3) is 0 Å². The number of carbonyl (C=O) groups excluding carboxylic acids is 2. The van der Waals surface area contributed by atoms with E-state index in [1.807, 2.05) is 18.2 Å². The van der Waals surface area contributed by atoms with E-state index in [0.29, 0.717) is 18.0 Å². The normalized spacial score (nSPS) is 13.5. The van der Waals surface area contributed by atoms with E-state index in [0.717, 1.165) is 24.1 Å². The molecule has 1 aromatic carbocycles. The van der Waals surface area contributed by atoms with Gasteiger partial charge in [-0.05, 0) is 42.7 Å². The number of fused-ring (bicyclic) bond motifs is 1. The zero-order valence-corrected chi connectivity index (χ0v) is 12.9. The van der Waals surface area contributed by atoms with Crippen molar-refractivity contribution in [3.63, 3.8) is 0 Å². The number of carbonyl (C=O) groups is 2. The summed E-state index contributed by atoms with van der Waals surface area (Å²) in [5.41, 5.74) is 2.54. The minimum atomic E-state index is -0.229. The van der Waals surface area contributed by atoms with Gasteiger partial charge < -0.3 is 19.4 Å². The summed E-state index contributed by atoms with van der Waals surface area (Å²) in [7, 11) is 1.47. The Morgan fingerprint density at radius 1 is 1.35 bits per heavy atom. The topological polar surface area (TPSA) is 71.8 Å².